The fraction of sp³-hybridized carbons (Fsp3) is 0.615. The highest BCUT2D eigenvalue weighted by molar-refractivity contribution is 5.09. The molecular weight excluding hydrogens is 202 g/mol. The van der Waals surface area contributed by atoms with Gasteiger partial charge in [0.15, 0.2) is 0 Å². The van der Waals surface area contributed by atoms with Crippen LogP contribution in [0.3, 0.4) is 0 Å². The van der Waals surface area contributed by atoms with Crippen LogP contribution in [0.5, 0.6) is 0 Å². The standard InChI is InChI=1S/C11H17NO2.C2H6/c1-4-10-6-5-7-12(11(10)13)8-9(2)14-3;1-2/h5-7,9H,4,8H2,1-3H3;1-2H3. The Hall–Kier alpha value is -1.09. The molecule has 92 valence electrons. The summed E-state index contributed by atoms with van der Waals surface area (Å²) in [5, 5.41) is 0. The molecule has 1 aromatic rings. The number of aromatic nitrogens is 1. The minimum Gasteiger partial charge on any atom is -0.380 e. The van der Waals surface area contributed by atoms with Gasteiger partial charge in [0.1, 0.15) is 0 Å². The van der Waals surface area contributed by atoms with E-state index < -0.39 is 0 Å². The summed E-state index contributed by atoms with van der Waals surface area (Å²) in [5.41, 5.74) is 0.953. The lowest BCUT2D eigenvalue weighted by Gasteiger charge is -2.12. The van der Waals surface area contributed by atoms with Crippen LogP contribution in [-0.4, -0.2) is 17.8 Å². The lowest BCUT2D eigenvalue weighted by molar-refractivity contribution is 0.102. The van der Waals surface area contributed by atoms with Gasteiger partial charge in [-0.15, -0.1) is 0 Å². The summed E-state index contributed by atoms with van der Waals surface area (Å²) in [6.45, 7) is 8.55. The molecule has 1 heterocycles. The first-order valence-electron chi connectivity index (χ1n) is 5.90. The molecule has 1 rings (SSSR count). The molecule has 0 fully saturated rings. The molecule has 0 bridgehead atoms. The van der Waals surface area contributed by atoms with Crippen LogP contribution in [0.25, 0.3) is 0 Å². The van der Waals surface area contributed by atoms with E-state index in [9.17, 15) is 4.79 Å². The highest BCUT2D eigenvalue weighted by atomic mass is 16.5. The largest absolute Gasteiger partial charge is 0.380 e. The number of hydrogen-bond acceptors (Lipinski definition) is 2. The molecule has 1 atom stereocenters. The Bertz CT molecular complexity index is 344. The second-order valence-corrected chi connectivity index (χ2v) is 3.39. The van der Waals surface area contributed by atoms with Gasteiger partial charge in [-0.3, -0.25) is 4.79 Å². The molecule has 1 unspecified atom stereocenters. The first-order chi connectivity index (χ1) is 7.69. The summed E-state index contributed by atoms with van der Waals surface area (Å²) >= 11 is 0. The molecule has 0 aliphatic heterocycles. The lowest BCUT2D eigenvalue weighted by Crippen LogP contribution is -2.27. The van der Waals surface area contributed by atoms with Crippen molar-refractivity contribution in [3.63, 3.8) is 0 Å². The fourth-order valence-corrected chi connectivity index (χ4v) is 1.35. The summed E-state index contributed by atoms with van der Waals surface area (Å²) in [4.78, 5) is 11.8. The average molecular weight is 225 g/mol. The quantitative estimate of drug-likeness (QED) is 0.788. The topological polar surface area (TPSA) is 31.2 Å². The third-order valence-electron chi connectivity index (χ3n) is 2.34. The van der Waals surface area contributed by atoms with Gasteiger partial charge in [-0.1, -0.05) is 26.8 Å². The van der Waals surface area contributed by atoms with Crippen LogP contribution < -0.4 is 5.56 Å². The van der Waals surface area contributed by atoms with Crippen molar-refractivity contribution in [1.82, 2.24) is 4.57 Å². The van der Waals surface area contributed by atoms with E-state index in [1.807, 2.05) is 39.8 Å². The van der Waals surface area contributed by atoms with Crippen molar-refractivity contribution in [1.29, 1.82) is 0 Å². The van der Waals surface area contributed by atoms with E-state index in [-0.39, 0.29) is 11.7 Å². The average Bonchev–Trinajstić information content (AvgIpc) is 2.34. The van der Waals surface area contributed by atoms with E-state index in [4.69, 9.17) is 4.74 Å². The molecule has 0 aromatic carbocycles. The second-order valence-electron chi connectivity index (χ2n) is 3.39. The van der Waals surface area contributed by atoms with E-state index in [0.717, 1.165) is 12.0 Å². The van der Waals surface area contributed by atoms with Gasteiger partial charge in [0.25, 0.3) is 5.56 Å². The molecule has 16 heavy (non-hydrogen) atoms. The summed E-state index contributed by atoms with van der Waals surface area (Å²) in [5.74, 6) is 0. The third kappa shape index (κ3) is 4.19. The van der Waals surface area contributed by atoms with E-state index in [0.29, 0.717) is 6.54 Å². The number of methoxy groups -OCH3 is 1. The number of rotatable bonds is 4. The fourth-order valence-electron chi connectivity index (χ4n) is 1.35. The van der Waals surface area contributed by atoms with Crippen LogP contribution >= 0.6 is 0 Å². The molecule has 0 amide bonds. The van der Waals surface area contributed by atoms with Gasteiger partial charge in [0, 0.05) is 18.9 Å². The maximum atomic E-state index is 11.8. The molecule has 0 aliphatic rings. The molecular formula is C13H23NO2. The van der Waals surface area contributed by atoms with Crippen LogP contribution in [0.15, 0.2) is 23.1 Å². The van der Waals surface area contributed by atoms with Crippen LogP contribution in [0.2, 0.25) is 0 Å². The maximum absolute atomic E-state index is 11.8. The maximum Gasteiger partial charge on any atom is 0.253 e. The van der Waals surface area contributed by atoms with Crippen molar-refractivity contribution >= 4 is 0 Å². The van der Waals surface area contributed by atoms with E-state index in [1.54, 1.807) is 17.9 Å². The van der Waals surface area contributed by atoms with Gasteiger partial charge in [-0.05, 0) is 19.4 Å². The van der Waals surface area contributed by atoms with Crippen molar-refractivity contribution < 1.29 is 4.74 Å². The van der Waals surface area contributed by atoms with Crippen LogP contribution in [-0.2, 0) is 17.7 Å². The summed E-state index contributed by atoms with van der Waals surface area (Å²) < 4.78 is 6.82. The zero-order valence-corrected chi connectivity index (χ0v) is 11.0. The van der Waals surface area contributed by atoms with Gasteiger partial charge in [-0.2, -0.15) is 0 Å². The number of ether oxygens (including phenoxy) is 1. The Morgan fingerprint density at radius 2 is 2.06 bits per heavy atom. The van der Waals surface area contributed by atoms with Crippen molar-refractivity contribution in [3.8, 4) is 0 Å². The number of aryl methyl sites for hydroxylation is 1. The Balaban J connectivity index is 0.00000106. The minimum absolute atomic E-state index is 0.0693. The van der Waals surface area contributed by atoms with Gasteiger partial charge in [0.2, 0.25) is 0 Å². The Labute approximate surface area is 98.1 Å². The third-order valence-corrected chi connectivity index (χ3v) is 2.34. The van der Waals surface area contributed by atoms with Crippen LogP contribution in [0.1, 0.15) is 33.3 Å². The van der Waals surface area contributed by atoms with E-state index >= 15 is 0 Å². The SMILES string of the molecule is CC.CCc1cccn(CC(C)OC)c1=O. The Kier molecular flexibility index (Phi) is 7.56. The van der Waals surface area contributed by atoms with Crippen molar-refractivity contribution in [2.24, 2.45) is 0 Å². The Morgan fingerprint density at radius 1 is 1.44 bits per heavy atom. The van der Waals surface area contributed by atoms with Gasteiger partial charge in [-0.25, -0.2) is 0 Å². The Morgan fingerprint density at radius 3 is 2.56 bits per heavy atom. The molecule has 0 saturated carbocycles. The number of pyridine rings is 1. The first-order valence-corrected chi connectivity index (χ1v) is 5.90. The minimum atomic E-state index is 0.0693. The van der Waals surface area contributed by atoms with Crippen molar-refractivity contribution in [3.05, 3.63) is 34.2 Å². The van der Waals surface area contributed by atoms with Gasteiger partial charge < -0.3 is 9.30 Å². The summed E-state index contributed by atoms with van der Waals surface area (Å²) in [6.07, 6.45) is 2.65. The molecule has 0 N–H and O–H groups in total. The highest BCUT2D eigenvalue weighted by Gasteiger charge is 2.04. The van der Waals surface area contributed by atoms with Crippen molar-refractivity contribution in [2.45, 2.75) is 46.8 Å². The number of nitrogens with zero attached hydrogens (tertiary/aromatic N) is 1. The lowest BCUT2D eigenvalue weighted by atomic mass is 10.2. The zero-order valence-electron chi connectivity index (χ0n) is 11.0. The zero-order chi connectivity index (χ0) is 12.6. The molecule has 1 aromatic heterocycles. The molecule has 0 spiro atoms. The first kappa shape index (κ1) is 14.9. The van der Waals surface area contributed by atoms with Gasteiger partial charge >= 0.3 is 0 Å². The predicted molar refractivity (Wildman–Crippen MR) is 67.9 cm³/mol. The molecule has 0 aliphatic carbocycles. The monoisotopic (exact) mass is 225 g/mol. The van der Waals surface area contributed by atoms with Gasteiger partial charge in [0.05, 0.1) is 12.6 Å². The van der Waals surface area contributed by atoms with Crippen LogP contribution in [0.4, 0.5) is 0 Å². The molecule has 3 heteroatoms. The van der Waals surface area contributed by atoms with Crippen LogP contribution in [0, 0.1) is 0 Å². The summed E-state index contributed by atoms with van der Waals surface area (Å²) in [6, 6.07) is 3.78. The summed E-state index contributed by atoms with van der Waals surface area (Å²) in [7, 11) is 1.65. The number of hydrogen-bond donors (Lipinski definition) is 0. The molecule has 3 nitrogen and oxygen atoms in total. The van der Waals surface area contributed by atoms with E-state index in [1.165, 1.54) is 0 Å². The molecule has 0 saturated heterocycles. The normalized spacial score (nSPS) is 11.6. The smallest absolute Gasteiger partial charge is 0.253 e. The predicted octanol–water partition coefficient (Wildman–Crippen LogP) is 2.47. The van der Waals surface area contributed by atoms with E-state index in [2.05, 4.69) is 0 Å². The second kappa shape index (κ2) is 8.11. The molecule has 0 radical (unpaired) electrons. The highest BCUT2D eigenvalue weighted by Crippen LogP contribution is 1.96. The van der Waals surface area contributed by atoms with Crippen molar-refractivity contribution in [2.75, 3.05) is 7.11 Å².